The maximum Gasteiger partial charge on any atom is 0.161 e. The topological polar surface area (TPSA) is 63.8 Å². The van der Waals surface area contributed by atoms with Gasteiger partial charge in [0.1, 0.15) is 5.82 Å². The molecular weight excluding hydrogens is 248 g/mol. The summed E-state index contributed by atoms with van der Waals surface area (Å²) in [5.74, 6) is 6.64. The normalized spacial score (nSPS) is 10.4. The van der Waals surface area contributed by atoms with E-state index in [4.69, 9.17) is 17.4 Å². The Morgan fingerprint density at radius 3 is 2.67 bits per heavy atom. The van der Waals surface area contributed by atoms with E-state index in [1.165, 1.54) is 0 Å². The molecule has 2 aromatic rings. The van der Waals surface area contributed by atoms with Crippen molar-refractivity contribution in [3.63, 3.8) is 0 Å². The molecule has 0 saturated carbocycles. The highest BCUT2D eigenvalue weighted by Crippen LogP contribution is 2.24. The van der Waals surface area contributed by atoms with Crippen LogP contribution in [0.25, 0.3) is 11.4 Å². The van der Waals surface area contributed by atoms with Crippen molar-refractivity contribution in [3.8, 4) is 11.4 Å². The Balaban J connectivity index is 2.51. The number of benzene rings is 1. The summed E-state index contributed by atoms with van der Waals surface area (Å²) >= 11 is 6.12. The summed E-state index contributed by atoms with van der Waals surface area (Å²) in [6.45, 7) is 4.00. The van der Waals surface area contributed by atoms with Gasteiger partial charge in [0.05, 0.1) is 0 Å². The lowest BCUT2D eigenvalue weighted by Gasteiger charge is -2.07. The Labute approximate surface area is 111 Å². The molecule has 3 N–H and O–H groups in total. The lowest BCUT2D eigenvalue weighted by Crippen LogP contribution is -2.10. The maximum absolute atomic E-state index is 6.12. The van der Waals surface area contributed by atoms with Crippen LogP contribution in [-0.2, 0) is 6.42 Å². The van der Waals surface area contributed by atoms with Crippen LogP contribution in [0.1, 0.15) is 18.2 Å². The smallest absolute Gasteiger partial charge is 0.161 e. The molecule has 0 amide bonds. The van der Waals surface area contributed by atoms with E-state index in [2.05, 4.69) is 15.4 Å². The Kier molecular flexibility index (Phi) is 3.79. The quantitative estimate of drug-likeness (QED) is 0.659. The predicted octanol–water partition coefficient (Wildman–Crippen LogP) is 2.95. The second-order valence-electron chi connectivity index (χ2n) is 4.03. The molecule has 94 valence electrons. The van der Waals surface area contributed by atoms with Gasteiger partial charge in [-0.1, -0.05) is 30.7 Å². The number of nitrogens with zero attached hydrogens (tertiary/aromatic N) is 2. The highest BCUT2D eigenvalue weighted by atomic mass is 35.5. The highest BCUT2D eigenvalue weighted by molar-refractivity contribution is 6.31. The average Bonchev–Trinajstić information content (AvgIpc) is 2.41. The van der Waals surface area contributed by atoms with E-state index in [1.807, 2.05) is 38.1 Å². The molecule has 4 nitrogen and oxygen atoms in total. The van der Waals surface area contributed by atoms with E-state index < -0.39 is 0 Å². The second kappa shape index (κ2) is 5.33. The number of nitrogens with one attached hydrogen (secondary N) is 1. The van der Waals surface area contributed by atoms with Crippen molar-refractivity contribution in [1.29, 1.82) is 0 Å². The zero-order valence-corrected chi connectivity index (χ0v) is 11.1. The summed E-state index contributed by atoms with van der Waals surface area (Å²) in [5, 5.41) is 0.709. The minimum absolute atomic E-state index is 0.605. The van der Waals surface area contributed by atoms with Crippen LogP contribution in [0.5, 0.6) is 0 Å². The number of nitrogens with two attached hydrogens (primary N) is 1. The van der Waals surface area contributed by atoms with Gasteiger partial charge in [0, 0.05) is 22.3 Å². The van der Waals surface area contributed by atoms with Gasteiger partial charge in [-0.3, -0.25) is 0 Å². The number of hydrogen-bond donors (Lipinski definition) is 2. The van der Waals surface area contributed by atoms with Gasteiger partial charge in [-0.05, 0) is 25.0 Å². The molecule has 0 fully saturated rings. The van der Waals surface area contributed by atoms with Gasteiger partial charge < -0.3 is 5.43 Å². The number of hydrazine groups is 1. The molecule has 1 heterocycles. The molecule has 18 heavy (non-hydrogen) atoms. The molecule has 1 aromatic carbocycles. The van der Waals surface area contributed by atoms with Crippen LogP contribution in [-0.4, -0.2) is 9.97 Å². The van der Waals surface area contributed by atoms with Gasteiger partial charge in [0.2, 0.25) is 0 Å². The number of halogens is 1. The zero-order chi connectivity index (χ0) is 13.1. The van der Waals surface area contributed by atoms with Crippen LogP contribution in [0.15, 0.2) is 24.3 Å². The number of rotatable bonds is 3. The van der Waals surface area contributed by atoms with Crippen molar-refractivity contribution in [2.24, 2.45) is 5.84 Å². The van der Waals surface area contributed by atoms with E-state index in [1.54, 1.807) is 0 Å². The highest BCUT2D eigenvalue weighted by Gasteiger charge is 2.07. The van der Waals surface area contributed by atoms with E-state index in [0.29, 0.717) is 16.7 Å². The van der Waals surface area contributed by atoms with Crippen molar-refractivity contribution < 1.29 is 0 Å². The molecule has 0 spiro atoms. The summed E-state index contributed by atoms with van der Waals surface area (Å²) in [6.07, 6.45) is 0.823. The largest absolute Gasteiger partial charge is 0.308 e. The van der Waals surface area contributed by atoms with Gasteiger partial charge in [0.15, 0.2) is 5.82 Å². The molecule has 5 heteroatoms. The third-order valence-corrected chi connectivity index (χ3v) is 3.13. The van der Waals surface area contributed by atoms with Crippen molar-refractivity contribution >= 4 is 17.4 Å². The Morgan fingerprint density at radius 1 is 1.28 bits per heavy atom. The SMILES string of the molecule is CCc1cc(NN)nc(-c2ccc(C)c(Cl)c2)n1. The summed E-state index contributed by atoms with van der Waals surface area (Å²) in [6, 6.07) is 7.61. The standard InChI is InChI=1S/C13H15ClN4/c1-3-10-7-12(18-15)17-13(16-10)9-5-4-8(2)11(14)6-9/h4-7H,3,15H2,1-2H3,(H,16,17,18). The molecule has 0 saturated heterocycles. The molecular formula is C13H15ClN4. The first-order chi connectivity index (χ1) is 8.63. The number of aryl methyl sites for hydroxylation is 2. The fourth-order valence-corrected chi connectivity index (χ4v) is 1.79. The molecule has 0 aliphatic rings. The van der Waals surface area contributed by atoms with Crippen LogP contribution in [0.4, 0.5) is 5.82 Å². The molecule has 0 radical (unpaired) electrons. The third-order valence-electron chi connectivity index (χ3n) is 2.72. The zero-order valence-electron chi connectivity index (χ0n) is 10.4. The summed E-state index contributed by atoms with van der Waals surface area (Å²) in [5.41, 5.74) is 5.41. The first kappa shape index (κ1) is 12.8. The molecule has 0 atom stereocenters. The van der Waals surface area contributed by atoms with E-state index >= 15 is 0 Å². The fourth-order valence-electron chi connectivity index (χ4n) is 1.61. The number of hydrogen-bond acceptors (Lipinski definition) is 4. The van der Waals surface area contributed by atoms with Crippen molar-refractivity contribution in [1.82, 2.24) is 9.97 Å². The Bertz CT molecular complexity index is 547. The summed E-state index contributed by atoms with van der Waals surface area (Å²) in [7, 11) is 0. The number of anilines is 1. The fraction of sp³-hybridized carbons (Fsp3) is 0.231. The predicted molar refractivity (Wildman–Crippen MR) is 74.4 cm³/mol. The van der Waals surface area contributed by atoms with Gasteiger partial charge in [-0.15, -0.1) is 0 Å². The summed E-state index contributed by atoms with van der Waals surface area (Å²) in [4.78, 5) is 8.81. The van der Waals surface area contributed by atoms with Crippen LogP contribution in [0, 0.1) is 6.92 Å². The van der Waals surface area contributed by atoms with Crippen molar-refractivity contribution in [2.75, 3.05) is 5.43 Å². The molecule has 1 aromatic heterocycles. The molecule has 0 aliphatic heterocycles. The van der Waals surface area contributed by atoms with Gasteiger partial charge in [-0.2, -0.15) is 0 Å². The van der Waals surface area contributed by atoms with Crippen LogP contribution >= 0.6 is 11.6 Å². The van der Waals surface area contributed by atoms with Gasteiger partial charge in [0.25, 0.3) is 0 Å². The maximum atomic E-state index is 6.12. The lowest BCUT2D eigenvalue weighted by molar-refractivity contribution is 1.00. The van der Waals surface area contributed by atoms with Crippen LogP contribution in [0.2, 0.25) is 5.02 Å². The van der Waals surface area contributed by atoms with Crippen molar-refractivity contribution in [2.45, 2.75) is 20.3 Å². The van der Waals surface area contributed by atoms with Crippen LogP contribution in [0.3, 0.4) is 0 Å². The monoisotopic (exact) mass is 262 g/mol. The van der Waals surface area contributed by atoms with E-state index in [9.17, 15) is 0 Å². The third kappa shape index (κ3) is 2.60. The van der Waals surface area contributed by atoms with Gasteiger partial charge >= 0.3 is 0 Å². The minimum atomic E-state index is 0.605. The first-order valence-electron chi connectivity index (χ1n) is 5.75. The minimum Gasteiger partial charge on any atom is -0.308 e. The molecule has 2 rings (SSSR count). The first-order valence-corrected chi connectivity index (χ1v) is 6.13. The Morgan fingerprint density at radius 2 is 2.06 bits per heavy atom. The Hall–Kier alpha value is -1.65. The van der Waals surface area contributed by atoms with Gasteiger partial charge in [-0.25, -0.2) is 15.8 Å². The van der Waals surface area contributed by atoms with E-state index in [-0.39, 0.29) is 0 Å². The van der Waals surface area contributed by atoms with Crippen molar-refractivity contribution in [3.05, 3.63) is 40.5 Å². The molecule has 0 bridgehead atoms. The lowest BCUT2D eigenvalue weighted by atomic mass is 10.1. The number of nitrogen functional groups attached to an aromatic ring is 1. The summed E-state index contributed by atoms with van der Waals surface area (Å²) < 4.78 is 0. The van der Waals surface area contributed by atoms with Crippen LogP contribution < -0.4 is 11.3 Å². The van der Waals surface area contributed by atoms with E-state index in [0.717, 1.165) is 23.2 Å². The average molecular weight is 263 g/mol. The second-order valence-corrected chi connectivity index (χ2v) is 4.44. The molecule has 0 aliphatic carbocycles. The molecule has 0 unspecified atom stereocenters. The number of aromatic nitrogens is 2.